The lowest BCUT2D eigenvalue weighted by molar-refractivity contribution is 0.628. The molecule has 8 heteroatoms. The first-order valence-electron chi connectivity index (χ1n) is 6.98. The summed E-state index contributed by atoms with van der Waals surface area (Å²) in [5, 5.41) is 22.7. The number of hydrogen-bond donors (Lipinski definition) is 2. The van der Waals surface area contributed by atoms with Gasteiger partial charge in [0.2, 0.25) is 0 Å². The van der Waals surface area contributed by atoms with Gasteiger partial charge in [-0.05, 0) is 23.6 Å². The first-order chi connectivity index (χ1) is 10.2. The van der Waals surface area contributed by atoms with Gasteiger partial charge in [-0.1, -0.05) is 13.8 Å². The third kappa shape index (κ3) is 2.56. The van der Waals surface area contributed by atoms with E-state index in [-0.39, 0.29) is 0 Å². The Hall–Kier alpha value is -2.51. The molecule has 0 aliphatic carbocycles. The van der Waals surface area contributed by atoms with E-state index in [9.17, 15) is 0 Å². The van der Waals surface area contributed by atoms with Crippen molar-refractivity contribution in [1.29, 1.82) is 0 Å². The van der Waals surface area contributed by atoms with E-state index < -0.39 is 0 Å². The average molecular weight is 286 g/mol. The van der Waals surface area contributed by atoms with Crippen LogP contribution in [0.4, 0.5) is 5.69 Å². The second kappa shape index (κ2) is 5.47. The molecule has 0 fully saturated rings. The minimum absolute atomic E-state index is 0.402. The molecule has 8 nitrogen and oxygen atoms in total. The first kappa shape index (κ1) is 13.5. The Morgan fingerprint density at radius 2 is 2.24 bits per heavy atom. The Kier molecular flexibility index (Phi) is 3.51. The maximum atomic E-state index is 4.45. The van der Waals surface area contributed by atoms with Gasteiger partial charge in [0.1, 0.15) is 11.0 Å². The van der Waals surface area contributed by atoms with Crippen molar-refractivity contribution in [3.63, 3.8) is 0 Å². The number of pyridine rings is 1. The molecule has 0 radical (unpaired) electrons. The highest BCUT2D eigenvalue weighted by Crippen LogP contribution is 2.27. The zero-order valence-electron chi connectivity index (χ0n) is 12.3. The molecule has 0 aliphatic heterocycles. The number of nitrogens with zero attached hydrogens (tertiary/aromatic N) is 6. The molecule has 2 N–H and O–H groups in total. The minimum Gasteiger partial charge on any atom is -0.376 e. The first-order valence-corrected chi connectivity index (χ1v) is 6.98. The predicted molar refractivity (Wildman–Crippen MR) is 78.7 cm³/mol. The predicted octanol–water partition coefficient (Wildman–Crippen LogP) is 1.61. The van der Waals surface area contributed by atoms with E-state index in [0.29, 0.717) is 18.3 Å². The summed E-state index contributed by atoms with van der Waals surface area (Å²) in [6.45, 7) is 4.82. The van der Waals surface area contributed by atoms with Crippen LogP contribution in [0, 0.1) is 0 Å². The number of tetrazole rings is 1. The zero-order chi connectivity index (χ0) is 14.8. The van der Waals surface area contributed by atoms with E-state index in [0.717, 1.165) is 28.8 Å². The second-order valence-electron chi connectivity index (χ2n) is 5.05. The van der Waals surface area contributed by atoms with Crippen LogP contribution in [0.2, 0.25) is 0 Å². The third-order valence-electron chi connectivity index (χ3n) is 3.56. The van der Waals surface area contributed by atoms with Gasteiger partial charge in [0, 0.05) is 6.20 Å². The Bertz CT molecular complexity index is 744. The van der Waals surface area contributed by atoms with Crippen LogP contribution in [0.25, 0.3) is 11.0 Å². The third-order valence-corrected chi connectivity index (χ3v) is 3.56. The van der Waals surface area contributed by atoms with Crippen LogP contribution in [0.3, 0.4) is 0 Å². The molecule has 3 aromatic heterocycles. The monoisotopic (exact) mass is 286 g/mol. The van der Waals surface area contributed by atoms with Crippen LogP contribution in [-0.2, 0) is 13.6 Å². The normalized spacial score (nSPS) is 12.7. The van der Waals surface area contributed by atoms with Gasteiger partial charge in [0.15, 0.2) is 5.82 Å². The number of anilines is 1. The number of rotatable bonds is 5. The van der Waals surface area contributed by atoms with Gasteiger partial charge in [0.25, 0.3) is 0 Å². The van der Waals surface area contributed by atoms with Gasteiger partial charge in [0.05, 0.1) is 25.0 Å². The molecule has 21 heavy (non-hydrogen) atoms. The summed E-state index contributed by atoms with van der Waals surface area (Å²) in [4.78, 5) is 5.89. The van der Waals surface area contributed by atoms with Gasteiger partial charge in [-0.15, -0.1) is 10.2 Å². The quantitative estimate of drug-likeness (QED) is 0.739. The number of aryl methyl sites for hydroxylation is 1. The maximum Gasteiger partial charge on any atom is 0.193 e. The molecule has 3 aromatic rings. The van der Waals surface area contributed by atoms with Crippen molar-refractivity contribution in [3.05, 3.63) is 23.8 Å². The topological polar surface area (TPSA) is 97.2 Å². The van der Waals surface area contributed by atoms with E-state index in [1.165, 1.54) is 4.80 Å². The zero-order valence-corrected chi connectivity index (χ0v) is 12.3. The van der Waals surface area contributed by atoms with E-state index in [1.807, 2.05) is 6.07 Å². The number of aromatic amines is 1. The Balaban J connectivity index is 1.87. The molecule has 1 unspecified atom stereocenters. The summed E-state index contributed by atoms with van der Waals surface area (Å²) >= 11 is 0. The molecule has 0 aliphatic rings. The molecule has 0 aromatic carbocycles. The number of fused-ring (bicyclic) bond motifs is 1. The molecule has 0 saturated carbocycles. The Morgan fingerprint density at radius 1 is 1.38 bits per heavy atom. The van der Waals surface area contributed by atoms with E-state index in [2.05, 4.69) is 49.8 Å². The molecule has 0 bridgehead atoms. The fourth-order valence-corrected chi connectivity index (χ4v) is 2.19. The summed E-state index contributed by atoms with van der Waals surface area (Å²) in [6.07, 6.45) is 2.83. The smallest absolute Gasteiger partial charge is 0.193 e. The largest absolute Gasteiger partial charge is 0.376 e. The minimum atomic E-state index is 0.402. The highest BCUT2D eigenvalue weighted by atomic mass is 15.6. The molecule has 0 spiro atoms. The second-order valence-corrected chi connectivity index (χ2v) is 5.05. The lowest BCUT2D eigenvalue weighted by Gasteiger charge is -2.06. The summed E-state index contributed by atoms with van der Waals surface area (Å²) in [5.41, 5.74) is 3.75. The van der Waals surface area contributed by atoms with Crippen LogP contribution >= 0.6 is 0 Å². The number of hydrogen-bond acceptors (Lipinski definition) is 6. The van der Waals surface area contributed by atoms with Crippen molar-refractivity contribution in [1.82, 2.24) is 35.4 Å². The number of aromatic nitrogens is 7. The molecule has 3 rings (SSSR count). The van der Waals surface area contributed by atoms with Crippen molar-refractivity contribution in [2.45, 2.75) is 32.7 Å². The molecule has 110 valence electrons. The van der Waals surface area contributed by atoms with Crippen molar-refractivity contribution < 1.29 is 0 Å². The van der Waals surface area contributed by atoms with Crippen molar-refractivity contribution in [2.75, 3.05) is 5.32 Å². The number of H-pyrrole nitrogens is 1. The molecule has 0 saturated heterocycles. The van der Waals surface area contributed by atoms with Crippen LogP contribution in [0.5, 0.6) is 0 Å². The Labute approximate surface area is 122 Å². The molecule has 0 amide bonds. The highest BCUT2D eigenvalue weighted by molar-refractivity contribution is 5.89. The molecule has 1 atom stereocenters. The van der Waals surface area contributed by atoms with Crippen LogP contribution in [0.15, 0.2) is 12.3 Å². The fourth-order valence-electron chi connectivity index (χ4n) is 2.19. The SMILES string of the molecule is CCC(C)c1[nH]nc2c(NCc3nnn(C)n3)ccnc12. The lowest BCUT2D eigenvalue weighted by atomic mass is 10.0. The maximum absolute atomic E-state index is 4.45. The van der Waals surface area contributed by atoms with E-state index >= 15 is 0 Å². The fraction of sp³-hybridized carbons (Fsp3) is 0.462. The summed E-state index contributed by atoms with van der Waals surface area (Å²) in [7, 11) is 1.74. The molecule has 3 heterocycles. The van der Waals surface area contributed by atoms with Crippen LogP contribution < -0.4 is 5.32 Å². The Morgan fingerprint density at radius 3 is 2.95 bits per heavy atom. The molecular formula is C13H18N8. The highest BCUT2D eigenvalue weighted by Gasteiger charge is 2.14. The van der Waals surface area contributed by atoms with Gasteiger partial charge < -0.3 is 5.32 Å². The summed E-state index contributed by atoms with van der Waals surface area (Å²) < 4.78 is 0. The number of nitrogens with one attached hydrogen (secondary N) is 2. The van der Waals surface area contributed by atoms with Crippen LogP contribution in [-0.4, -0.2) is 35.4 Å². The van der Waals surface area contributed by atoms with E-state index in [1.54, 1.807) is 13.2 Å². The summed E-state index contributed by atoms with van der Waals surface area (Å²) in [6, 6.07) is 1.90. The van der Waals surface area contributed by atoms with Gasteiger partial charge in [-0.25, -0.2) is 0 Å². The van der Waals surface area contributed by atoms with Gasteiger partial charge in [-0.3, -0.25) is 10.1 Å². The van der Waals surface area contributed by atoms with Gasteiger partial charge >= 0.3 is 0 Å². The van der Waals surface area contributed by atoms with Crippen molar-refractivity contribution in [2.24, 2.45) is 7.05 Å². The summed E-state index contributed by atoms with van der Waals surface area (Å²) in [5.74, 6) is 1.04. The lowest BCUT2D eigenvalue weighted by Crippen LogP contribution is -2.03. The average Bonchev–Trinajstić information content (AvgIpc) is 3.10. The van der Waals surface area contributed by atoms with Crippen LogP contribution in [0.1, 0.15) is 37.7 Å². The molecular weight excluding hydrogens is 268 g/mol. The standard InChI is InChI=1S/C13H18N8/c1-4-8(2)11-13-12(18-17-11)9(5-6-14-13)15-7-10-16-20-21(3)19-10/h5-6,8H,4,7H2,1-3H3,(H,14,15)(H,17,18). The van der Waals surface area contributed by atoms with E-state index in [4.69, 9.17) is 0 Å². The van der Waals surface area contributed by atoms with Gasteiger partial charge in [-0.2, -0.15) is 9.90 Å². The van der Waals surface area contributed by atoms with Crippen molar-refractivity contribution in [3.8, 4) is 0 Å². The van der Waals surface area contributed by atoms with Crippen molar-refractivity contribution >= 4 is 16.7 Å².